The molecule has 2 aromatic rings. The highest BCUT2D eigenvalue weighted by Gasteiger charge is 2.25. The molecule has 102 valence electrons. The van der Waals surface area contributed by atoms with Crippen LogP contribution in [0.1, 0.15) is 11.1 Å². The summed E-state index contributed by atoms with van der Waals surface area (Å²) >= 11 is 1.63. The van der Waals surface area contributed by atoms with E-state index in [-0.39, 0.29) is 11.9 Å². The molecule has 1 aliphatic heterocycles. The van der Waals surface area contributed by atoms with Crippen LogP contribution in [-0.4, -0.2) is 32.9 Å². The van der Waals surface area contributed by atoms with E-state index in [1.165, 1.54) is 0 Å². The van der Waals surface area contributed by atoms with Gasteiger partial charge in [-0.25, -0.2) is 0 Å². The summed E-state index contributed by atoms with van der Waals surface area (Å²) in [5.41, 5.74) is 2.03. The van der Waals surface area contributed by atoms with E-state index in [1.807, 2.05) is 30.3 Å². The Labute approximate surface area is 120 Å². The zero-order valence-corrected chi connectivity index (χ0v) is 11.6. The molecule has 0 saturated heterocycles. The molecule has 1 aromatic heterocycles. The van der Waals surface area contributed by atoms with Crippen LogP contribution in [0.4, 0.5) is 0 Å². The van der Waals surface area contributed by atoms with Crippen LogP contribution in [0.3, 0.4) is 0 Å². The lowest BCUT2D eigenvalue weighted by atomic mass is 10.2. The van der Waals surface area contributed by atoms with Crippen molar-refractivity contribution in [2.24, 2.45) is 4.99 Å². The quantitative estimate of drug-likeness (QED) is 0.896. The van der Waals surface area contributed by atoms with Gasteiger partial charge in [0.1, 0.15) is 6.04 Å². The molecule has 0 spiro atoms. The number of aliphatic imine (C=N–C) groups is 1. The first kappa shape index (κ1) is 12.9. The van der Waals surface area contributed by atoms with E-state index in [4.69, 9.17) is 0 Å². The summed E-state index contributed by atoms with van der Waals surface area (Å²) in [5, 5.41) is 10.4. The second-order valence-electron chi connectivity index (χ2n) is 4.45. The van der Waals surface area contributed by atoms with Crippen molar-refractivity contribution >= 4 is 22.7 Å². The minimum Gasteiger partial charge on any atom is -0.350 e. The molecule has 20 heavy (non-hydrogen) atoms. The van der Waals surface area contributed by atoms with Crippen molar-refractivity contribution in [2.45, 2.75) is 12.6 Å². The lowest BCUT2D eigenvalue weighted by Crippen LogP contribution is -2.33. The summed E-state index contributed by atoms with van der Waals surface area (Å²) in [4.78, 5) is 16.6. The highest BCUT2D eigenvalue weighted by molar-refractivity contribution is 8.14. The predicted molar refractivity (Wildman–Crippen MR) is 79.7 cm³/mol. The Morgan fingerprint density at radius 3 is 3.00 bits per heavy atom. The molecule has 1 unspecified atom stereocenters. The van der Waals surface area contributed by atoms with E-state index in [9.17, 15) is 4.79 Å². The van der Waals surface area contributed by atoms with E-state index in [0.717, 1.165) is 16.2 Å². The second kappa shape index (κ2) is 5.92. The molecule has 0 saturated carbocycles. The van der Waals surface area contributed by atoms with Gasteiger partial charge in [0.15, 0.2) is 0 Å². The standard InChI is InChI=1S/C14H14N4OS/c19-13(15-6-10-7-16-17-8-10)12-9-20-14(18-12)11-4-2-1-3-5-11/h1-5,7-8,12H,6,9H2,(H,15,19)(H,16,17). The number of amides is 1. The number of H-pyrrole nitrogens is 1. The third-order valence-corrected chi connectivity index (χ3v) is 4.09. The molecule has 2 N–H and O–H groups in total. The second-order valence-corrected chi connectivity index (χ2v) is 5.46. The highest BCUT2D eigenvalue weighted by Crippen LogP contribution is 2.23. The number of aromatic amines is 1. The van der Waals surface area contributed by atoms with Gasteiger partial charge >= 0.3 is 0 Å². The molecule has 1 aliphatic rings. The monoisotopic (exact) mass is 286 g/mol. The van der Waals surface area contributed by atoms with Crippen molar-refractivity contribution in [3.63, 3.8) is 0 Å². The number of nitrogens with one attached hydrogen (secondary N) is 2. The maximum absolute atomic E-state index is 12.1. The van der Waals surface area contributed by atoms with Crippen molar-refractivity contribution in [3.8, 4) is 0 Å². The maximum atomic E-state index is 12.1. The lowest BCUT2D eigenvalue weighted by Gasteiger charge is -2.06. The van der Waals surface area contributed by atoms with Crippen molar-refractivity contribution in [2.75, 3.05) is 5.75 Å². The van der Waals surface area contributed by atoms with Crippen molar-refractivity contribution in [1.82, 2.24) is 15.5 Å². The van der Waals surface area contributed by atoms with Crippen LogP contribution in [0.2, 0.25) is 0 Å². The number of thioether (sulfide) groups is 1. The van der Waals surface area contributed by atoms with Gasteiger partial charge in [0.2, 0.25) is 5.91 Å². The van der Waals surface area contributed by atoms with E-state index in [0.29, 0.717) is 12.3 Å². The molecular formula is C14H14N4OS. The van der Waals surface area contributed by atoms with Crippen molar-refractivity contribution in [1.29, 1.82) is 0 Å². The summed E-state index contributed by atoms with van der Waals surface area (Å²) in [7, 11) is 0. The molecule has 1 atom stereocenters. The molecule has 6 heteroatoms. The first-order valence-corrected chi connectivity index (χ1v) is 7.33. The first-order chi connectivity index (χ1) is 9.83. The summed E-state index contributed by atoms with van der Waals surface area (Å²) in [6.07, 6.45) is 3.46. The predicted octanol–water partition coefficient (Wildman–Crippen LogP) is 1.59. The third kappa shape index (κ3) is 2.91. The molecule has 5 nitrogen and oxygen atoms in total. The maximum Gasteiger partial charge on any atom is 0.245 e. The van der Waals surface area contributed by atoms with Crippen LogP contribution in [0.5, 0.6) is 0 Å². The zero-order valence-electron chi connectivity index (χ0n) is 10.7. The SMILES string of the molecule is O=C(NCc1cn[nH]c1)C1CSC(c2ccccc2)=N1. The molecule has 1 amide bonds. The number of aromatic nitrogens is 2. The first-order valence-electron chi connectivity index (χ1n) is 6.34. The fourth-order valence-electron chi connectivity index (χ4n) is 1.93. The summed E-state index contributed by atoms with van der Waals surface area (Å²) in [6.45, 7) is 0.479. The molecule has 0 fully saturated rings. The van der Waals surface area contributed by atoms with Gasteiger partial charge in [-0.1, -0.05) is 30.3 Å². The number of benzene rings is 1. The molecule has 0 aliphatic carbocycles. The summed E-state index contributed by atoms with van der Waals surface area (Å²) in [5.74, 6) is 0.659. The molecule has 2 heterocycles. The molecule has 1 aromatic carbocycles. The van der Waals surface area contributed by atoms with E-state index >= 15 is 0 Å². The van der Waals surface area contributed by atoms with Crippen molar-refractivity contribution < 1.29 is 4.79 Å². The Kier molecular flexibility index (Phi) is 3.83. The fraction of sp³-hybridized carbons (Fsp3) is 0.214. The normalized spacial score (nSPS) is 17.8. The van der Waals surface area contributed by atoms with Crippen LogP contribution in [0.15, 0.2) is 47.7 Å². The number of rotatable bonds is 4. The van der Waals surface area contributed by atoms with Gasteiger partial charge < -0.3 is 5.32 Å². The molecule has 0 radical (unpaired) electrons. The Morgan fingerprint density at radius 2 is 2.25 bits per heavy atom. The third-order valence-electron chi connectivity index (χ3n) is 3.00. The smallest absolute Gasteiger partial charge is 0.245 e. The fourth-order valence-corrected chi connectivity index (χ4v) is 2.97. The number of nitrogens with zero attached hydrogens (tertiary/aromatic N) is 2. The van der Waals surface area contributed by atoms with Gasteiger partial charge in [0, 0.05) is 29.6 Å². The Hall–Kier alpha value is -2.08. The number of carbonyl (C=O) groups is 1. The van der Waals surface area contributed by atoms with Crippen LogP contribution >= 0.6 is 11.8 Å². The summed E-state index contributed by atoms with van der Waals surface area (Å²) in [6, 6.07) is 9.64. The van der Waals surface area contributed by atoms with E-state index in [1.54, 1.807) is 24.2 Å². The minimum absolute atomic E-state index is 0.0374. The van der Waals surface area contributed by atoms with Crippen LogP contribution in [-0.2, 0) is 11.3 Å². The zero-order chi connectivity index (χ0) is 13.8. The molecule has 3 rings (SSSR count). The van der Waals surface area contributed by atoms with E-state index < -0.39 is 0 Å². The van der Waals surface area contributed by atoms with Gasteiger partial charge in [-0.05, 0) is 0 Å². The average Bonchev–Trinajstić information content (AvgIpc) is 3.17. The van der Waals surface area contributed by atoms with Gasteiger partial charge in [-0.2, -0.15) is 5.10 Å². The van der Waals surface area contributed by atoms with Crippen LogP contribution in [0, 0.1) is 0 Å². The number of carbonyl (C=O) groups excluding carboxylic acids is 1. The Morgan fingerprint density at radius 1 is 1.40 bits per heavy atom. The topological polar surface area (TPSA) is 70.1 Å². The van der Waals surface area contributed by atoms with Gasteiger partial charge in [-0.3, -0.25) is 14.9 Å². The van der Waals surface area contributed by atoms with Gasteiger partial charge in [-0.15, -0.1) is 11.8 Å². The van der Waals surface area contributed by atoms with Crippen LogP contribution in [0.25, 0.3) is 0 Å². The largest absolute Gasteiger partial charge is 0.350 e. The highest BCUT2D eigenvalue weighted by atomic mass is 32.2. The Bertz CT molecular complexity index is 609. The lowest BCUT2D eigenvalue weighted by molar-refractivity contribution is -0.121. The molecular weight excluding hydrogens is 272 g/mol. The molecule has 0 bridgehead atoms. The Balaban J connectivity index is 1.61. The average molecular weight is 286 g/mol. The minimum atomic E-state index is -0.304. The number of hydrogen-bond acceptors (Lipinski definition) is 4. The number of hydrogen-bond donors (Lipinski definition) is 2. The van der Waals surface area contributed by atoms with Gasteiger partial charge in [0.05, 0.1) is 11.2 Å². The van der Waals surface area contributed by atoms with Crippen molar-refractivity contribution in [3.05, 3.63) is 53.9 Å². The van der Waals surface area contributed by atoms with Gasteiger partial charge in [0.25, 0.3) is 0 Å². The summed E-state index contributed by atoms with van der Waals surface area (Å²) < 4.78 is 0. The van der Waals surface area contributed by atoms with E-state index in [2.05, 4.69) is 20.5 Å². The van der Waals surface area contributed by atoms with Crippen LogP contribution < -0.4 is 5.32 Å².